The molecule has 0 aliphatic rings. The normalized spacial score (nSPS) is 10.9. The minimum absolute atomic E-state index is 0.292. The molecule has 0 atom stereocenters. The van der Waals surface area contributed by atoms with Gasteiger partial charge in [0.25, 0.3) is 0 Å². The van der Waals surface area contributed by atoms with Crippen LogP contribution < -0.4 is 16.6 Å². The van der Waals surface area contributed by atoms with Gasteiger partial charge in [0, 0.05) is 4.88 Å². The standard InChI is InChI=1S/C14H14FN5S/c1-7-3-4-10(15)11(5-7)17-12-9-6-8(2)21-13(9)19-14(18-12)20-16/h3-6H,16H2,1-2H3,(H2,17,18,19,20). The number of nitrogens with one attached hydrogen (secondary N) is 2. The van der Waals surface area contributed by atoms with Crippen molar-refractivity contribution < 1.29 is 4.39 Å². The van der Waals surface area contributed by atoms with Crippen LogP contribution in [0.1, 0.15) is 10.4 Å². The minimum atomic E-state index is -0.332. The molecule has 0 unspecified atom stereocenters. The molecule has 0 saturated heterocycles. The molecule has 3 aromatic rings. The highest BCUT2D eigenvalue weighted by Crippen LogP contribution is 2.31. The largest absolute Gasteiger partial charge is 0.337 e. The van der Waals surface area contributed by atoms with Crippen molar-refractivity contribution >= 4 is 39.0 Å². The average Bonchev–Trinajstić information content (AvgIpc) is 2.83. The first-order chi connectivity index (χ1) is 10.1. The number of thiophene rings is 1. The second-order valence-electron chi connectivity index (χ2n) is 4.72. The van der Waals surface area contributed by atoms with Crippen molar-refractivity contribution in [1.82, 2.24) is 9.97 Å². The predicted molar refractivity (Wildman–Crippen MR) is 84.4 cm³/mol. The number of aryl methyl sites for hydroxylation is 2. The number of rotatable bonds is 3. The van der Waals surface area contributed by atoms with Crippen LogP contribution in [0.15, 0.2) is 24.3 Å². The van der Waals surface area contributed by atoms with E-state index >= 15 is 0 Å². The van der Waals surface area contributed by atoms with Crippen molar-refractivity contribution in [3.8, 4) is 0 Å². The molecule has 7 heteroatoms. The van der Waals surface area contributed by atoms with Gasteiger partial charge in [-0.05, 0) is 37.6 Å². The SMILES string of the molecule is Cc1ccc(F)c(Nc2nc(NN)nc3sc(C)cc23)c1. The molecule has 21 heavy (non-hydrogen) atoms. The van der Waals surface area contributed by atoms with E-state index in [1.54, 1.807) is 12.1 Å². The van der Waals surface area contributed by atoms with Crippen LogP contribution in [-0.2, 0) is 0 Å². The third kappa shape index (κ3) is 2.65. The van der Waals surface area contributed by atoms with Crippen molar-refractivity contribution in [3.63, 3.8) is 0 Å². The van der Waals surface area contributed by atoms with Crippen LogP contribution in [-0.4, -0.2) is 9.97 Å². The van der Waals surface area contributed by atoms with E-state index in [9.17, 15) is 4.39 Å². The molecule has 0 fully saturated rings. The highest BCUT2D eigenvalue weighted by Gasteiger charge is 2.12. The van der Waals surface area contributed by atoms with Crippen LogP contribution >= 0.6 is 11.3 Å². The fourth-order valence-corrected chi connectivity index (χ4v) is 2.94. The zero-order valence-electron chi connectivity index (χ0n) is 11.6. The number of aromatic nitrogens is 2. The summed E-state index contributed by atoms with van der Waals surface area (Å²) in [5, 5.41) is 3.87. The molecular formula is C14H14FN5S. The first-order valence-electron chi connectivity index (χ1n) is 6.35. The maximum atomic E-state index is 13.9. The summed E-state index contributed by atoms with van der Waals surface area (Å²) in [6.45, 7) is 3.89. The maximum Gasteiger partial charge on any atom is 0.240 e. The monoisotopic (exact) mass is 303 g/mol. The number of benzene rings is 1. The van der Waals surface area contributed by atoms with Gasteiger partial charge in [0.2, 0.25) is 5.95 Å². The summed E-state index contributed by atoms with van der Waals surface area (Å²) in [5.74, 6) is 5.88. The van der Waals surface area contributed by atoms with Crippen molar-refractivity contribution in [2.24, 2.45) is 5.84 Å². The Kier molecular flexibility index (Phi) is 3.44. The Bertz CT molecular complexity index is 814. The summed E-state index contributed by atoms with van der Waals surface area (Å²) >= 11 is 1.53. The molecule has 4 N–H and O–H groups in total. The Balaban J connectivity index is 2.12. The van der Waals surface area contributed by atoms with Gasteiger partial charge in [-0.3, -0.25) is 5.43 Å². The third-order valence-corrected chi connectivity index (χ3v) is 3.96. The first kappa shape index (κ1) is 13.7. The molecule has 108 valence electrons. The van der Waals surface area contributed by atoms with Gasteiger partial charge in [-0.2, -0.15) is 4.98 Å². The van der Waals surface area contributed by atoms with E-state index in [2.05, 4.69) is 20.7 Å². The molecule has 2 aromatic heterocycles. The van der Waals surface area contributed by atoms with Gasteiger partial charge in [-0.15, -0.1) is 11.3 Å². The van der Waals surface area contributed by atoms with E-state index in [4.69, 9.17) is 5.84 Å². The molecule has 2 heterocycles. The molecular weight excluding hydrogens is 289 g/mol. The van der Waals surface area contributed by atoms with Crippen LogP contribution in [0.25, 0.3) is 10.2 Å². The van der Waals surface area contributed by atoms with Gasteiger partial charge >= 0.3 is 0 Å². The average molecular weight is 303 g/mol. The number of halogens is 1. The number of nitrogens with zero attached hydrogens (tertiary/aromatic N) is 2. The van der Waals surface area contributed by atoms with Crippen molar-refractivity contribution in [2.75, 3.05) is 10.7 Å². The Morgan fingerprint density at radius 1 is 1.19 bits per heavy atom. The fraction of sp³-hybridized carbons (Fsp3) is 0.143. The van der Waals surface area contributed by atoms with Crippen LogP contribution in [0.4, 0.5) is 21.8 Å². The van der Waals surface area contributed by atoms with Crippen molar-refractivity contribution in [1.29, 1.82) is 0 Å². The van der Waals surface area contributed by atoms with Gasteiger partial charge in [0.05, 0.1) is 11.1 Å². The lowest BCUT2D eigenvalue weighted by molar-refractivity contribution is 0.631. The van der Waals surface area contributed by atoms with E-state index in [0.717, 1.165) is 20.7 Å². The van der Waals surface area contributed by atoms with Crippen LogP contribution in [0, 0.1) is 19.7 Å². The molecule has 0 spiro atoms. The summed E-state index contributed by atoms with van der Waals surface area (Å²) in [6.07, 6.45) is 0. The Labute approximate surface area is 125 Å². The summed E-state index contributed by atoms with van der Waals surface area (Å²) in [6, 6.07) is 6.85. The zero-order chi connectivity index (χ0) is 15.0. The van der Waals surface area contributed by atoms with Gasteiger partial charge in [0.15, 0.2) is 0 Å². The smallest absolute Gasteiger partial charge is 0.240 e. The van der Waals surface area contributed by atoms with Crippen molar-refractivity contribution in [2.45, 2.75) is 13.8 Å². The first-order valence-corrected chi connectivity index (χ1v) is 7.16. The number of nitrogen functional groups attached to an aromatic ring is 1. The Hall–Kier alpha value is -2.25. The van der Waals surface area contributed by atoms with Crippen LogP contribution in [0.2, 0.25) is 0 Å². The lowest BCUT2D eigenvalue weighted by atomic mass is 10.2. The third-order valence-electron chi connectivity index (χ3n) is 3.02. The Morgan fingerprint density at radius 2 is 2.00 bits per heavy atom. The van der Waals surface area contributed by atoms with Gasteiger partial charge in [0.1, 0.15) is 16.5 Å². The highest BCUT2D eigenvalue weighted by atomic mass is 32.1. The predicted octanol–water partition coefficient (Wildman–Crippen LogP) is 3.48. The van der Waals surface area contributed by atoms with Gasteiger partial charge in [-0.1, -0.05) is 6.07 Å². The van der Waals surface area contributed by atoms with E-state index in [1.807, 2.05) is 19.9 Å². The number of hydrazine groups is 1. The molecule has 0 aliphatic carbocycles. The van der Waals surface area contributed by atoms with Gasteiger partial charge < -0.3 is 5.32 Å². The van der Waals surface area contributed by atoms with E-state index < -0.39 is 0 Å². The van der Waals surface area contributed by atoms with Crippen molar-refractivity contribution in [3.05, 3.63) is 40.5 Å². The summed E-state index contributed by atoms with van der Waals surface area (Å²) in [5.41, 5.74) is 3.77. The second-order valence-corrected chi connectivity index (χ2v) is 5.96. The molecule has 0 radical (unpaired) electrons. The molecule has 5 nitrogen and oxygen atoms in total. The number of nitrogens with two attached hydrogens (primary N) is 1. The number of hydrogen-bond donors (Lipinski definition) is 3. The zero-order valence-corrected chi connectivity index (χ0v) is 12.4. The van der Waals surface area contributed by atoms with E-state index in [0.29, 0.717) is 17.5 Å². The highest BCUT2D eigenvalue weighted by molar-refractivity contribution is 7.18. The fourth-order valence-electron chi connectivity index (χ4n) is 2.06. The molecule has 0 bridgehead atoms. The van der Waals surface area contributed by atoms with E-state index in [1.165, 1.54) is 17.4 Å². The molecule has 0 aliphatic heterocycles. The number of anilines is 3. The maximum absolute atomic E-state index is 13.9. The Morgan fingerprint density at radius 3 is 2.76 bits per heavy atom. The topological polar surface area (TPSA) is 75.9 Å². The number of hydrogen-bond acceptors (Lipinski definition) is 6. The molecule has 3 rings (SSSR count). The lowest BCUT2D eigenvalue weighted by Crippen LogP contribution is -2.11. The quantitative estimate of drug-likeness (QED) is 0.510. The summed E-state index contributed by atoms with van der Waals surface area (Å²) in [4.78, 5) is 10.5. The molecule has 0 amide bonds. The van der Waals surface area contributed by atoms with Crippen LogP contribution in [0.5, 0.6) is 0 Å². The number of fused-ring (bicyclic) bond motifs is 1. The molecule has 0 saturated carbocycles. The van der Waals surface area contributed by atoms with Crippen LogP contribution in [0.3, 0.4) is 0 Å². The molecule has 1 aromatic carbocycles. The van der Waals surface area contributed by atoms with E-state index in [-0.39, 0.29) is 5.82 Å². The summed E-state index contributed by atoms with van der Waals surface area (Å²) in [7, 11) is 0. The summed E-state index contributed by atoms with van der Waals surface area (Å²) < 4.78 is 13.9. The van der Waals surface area contributed by atoms with Gasteiger partial charge in [-0.25, -0.2) is 15.2 Å². The second kappa shape index (κ2) is 5.27. The minimum Gasteiger partial charge on any atom is -0.337 e. The lowest BCUT2D eigenvalue weighted by Gasteiger charge is -2.10.